The molecule has 112 valence electrons. The van der Waals surface area contributed by atoms with Crippen molar-refractivity contribution in [2.45, 2.75) is 44.4 Å². The lowest BCUT2D eigenvalue weighted by atomic mass is 9.89. The zero-order valence-electron chi connectivity index (χ0n) is 11.9. The van der Waals surface area contributed by atoms with E-state index in [0.29, 0.717) is 22.8 Å². The monoisotopic (exact) mass is 316 g/mol. The van der Waals surface area contributed by atoms with Crippen molar-refractivity contribution in [2.24, 2.45) is 5.41 Å². The van der Waals surface area contributed by atoms with Crippen molar-refractivity contribution in [3.63, 3.8) is 0 Å². The average molecular weight is 317 g/mol. The van der Waals surface area contributed by atoms with Gasteiger partial charge in [0.15, 0.2) is 0 Å². The van der Waals surface area contributed by atoms with Crippen molar-refractivity contribution in [1.82, 2.24) is 4.72 Å². The van der Waals surface area contributed by atoms with Gasteiger partial charge < -0.3 is 5.73 Å². The molecule has 1 aliphatic carbocycles. The summed E-state index contributed by atoms with van der Waals surface area (Å²) in [5.41, 5.74) is 6.76. The summed E-state index contributed by atoms with van der Waals surface area (Å²) in [4.78, 5) is 0.179. The molecule has 0 aromatic heterocycles. The molecule has 0 unspecified atom stereocenters. The molecule has 0 radical (unpaired) electrons. The third-order valence-corrected chi connectivity index (χ3v) is 5.96. The molecule has 2 rings (SSSR count). The van der Waals surface area contributed by atoms with Crippen LogP contribution in [0.3, 0.4) is 0 Å². The molecule has 1 fully saturated rings. The SMILES string of the molecule is Cc1cc(S(=O)(=O)NCC2(C)CCCC2)cc(N)c1Cl. The highest BCUT2D eigenvalue weighted by Crippen LogP contribution is 2.37. The predicted molar refractivity (Wildman–Crippen MR) is 82.4 cm³/mol. The molecule has 1 aromatic rings. The summed E-state index contributed by atoms with van der Waals surface area (Å²) in [6.07, 6.45) is 4.48. The van der Waals surface area contributed by atoms with Gasteiger partial charge >= 0.3 is 0 Å². The molecular weight excluding hydrogens is 296 g/mol. The molecule has 3 N–H and O–H groups in total. The number of hydrogen-bond donors (Lipinski definition) is 2. The number of rotatable bonds is 4. The van der Waals surface area contributed by atoms with Crippen LogP contribution < -0.4 is 10.5 Å². The molecule has 1 aliphatic rings. The lowest BCUT2D eigenvalue weighted by Gasteiger charge is -2.23. The summed E-state index contributed by atoms with van der Waals surface area (Å²) in [5, 5.41) is 0.409. The number of nitrogens with one attached hydrogen (secondary N) is 1. The molecule has 6 heteroatoms. The number of nitrogen functional groups attached to an aromatic ring is 1. The van der Waals surface area contributed by atoms with Crippen LogP contribution in [0.15, 0.2) is 17.0 Å². The van der Waals surface area contributed by atoms with Gasteiger partial charge in [0, 0.05) is 6.54 Å². The van der Waals surface area contributed by atoms with E-state index in [1.54, 1.807) is 13.0 Å². The lowest BCUT2D eigenvalue weighted by Crippen LogP contribution is -2.34. The van der Waals surface area contributed by atoms with Crippen LogP contribution in [0.4, 0.5) is 5.69 Å². The van der Waals surface area contributed by atoms with E-state index in [0.717, 1.165) is 12.8 Å². The number of hydrogen-bond acceptors (Lipinski definition) is 3. The molecular formula is C14H21ClN2O2S. The smallest absolute Gasteiger partial charge is 0.240 e. The Bertz CT molecular complexity index is 585. The van der Waals surface area contributed by atoms with E-state index in [1.165, 1.54) is 18.9 Å². The lowest BCUT2D eigenvalue weighted by molar-refractivity contribution is 0.336. The number of sulfonamides is 1. The Kier molecular flexibility index (Phi) is 4.33. The largest absolute Gasteiger partial charge is 0.397 e. The van der Waals surface area contributed by atoms with Crippen molar-refractivity contribution in [3.05, 3.63) is 22.7 Å². The van der Waals surface area contributed by atoms with Crippen molar-refractivity contribution >= 4 is 27.3 Å². The van der Waals surface area contributed by atoms with Crippen LogP contribution in [0.2, 0.25) is 5.02 Å². The standard InChI is InChI=1S/C14H21ClN2O2S/c1-10-7-11(8-12(16)13(10)15)20(18,19)17-9-14(2)5-3-4-6-14/h7-8,17H,3-6,9,16H2,1-2H3. The highest BCUT2D eigenvalue weighted by atomic mass is 35.5. The zero-order valence-corrected chi connectivity index (χ0v) is 13.4. The van der Waals surface area contributed by atoms with Crippen LogP contribution in [0.25, 0.3) is 0 Å². The minimum Gasteiger partial charge on any atom is -0.397 e. The number of nitrogens with two attached hydrogens (primary N) is 1. The van der Waals surface area contributed by atoms with Gasteiger partial charge in [-0.15, -0.1) is 0 Å². The Morgan fingerprint density at radius 1 is 1.35 bits per heavy atom. The summed E-state index contributed by atoms with van der Waals surface area (Å²) in [6.45, 7) is 4.34. The van der Waals surface area contributed by atoms with Crippen molar-refractivity contribution in [3.8, 4) is 0 Å². The Balaban J connectivity index is 2.18. The summed E-state index contributed by atoms with van der Waals surface area (Å²) in [5.74, 6) is 0. The number of halogens is 1. The minimum absolute atomic E-state index is 0.0695. The number of benzene rings is 1. The minimum atomic E-state index is -3.54. The second-order valence-electron chi connectivity index (χ2n) is 5.99. The third-order valence-electron chi connectivity index (χ3n) is 4.07. The second-order valence-corrected chi connectivity index (χ2v) is 8.13. The number of anilines is 1. The molecule has 4 nitrogen and oxygen atoms in total. The van der Waals surface area contributed by atoms with E-state index in [4.69, 9.17) is 17.3 Å². The zero-order chi connectivity index (χ0) is 15.0. The maximum atomic E-state index is 12.3. The van der Waals surface area contributed by atoms with Gasteiger partial charge in [0.05, 0.1) is 15.6 Å². The first kappa shape index (κ1) is 15.6. The van der Waals surface area contributed by atoms with E-state index < -0.39 is 10.0 Å². The number of aryl methyl sites for hydroxylation is 1. The van der Waals surface area contributed by atoms with Crippen LogP contribution in [-0.4, -0.2) is 15.0 Å². The van der Waals surface area contributed by atoms with Crippen molar-refractivity contribution in [1.29, 1.82) is 0 Å². The maximum Gasteiger partial charge on any atom is 0.240 e. The molecule has 20 heavy (non-hydrogen) atoms. The molecule has 0 saturated heterocycles. The van der Waals surface area contributed by atoms with Crippen LogP contribution in [0.1, 0.15) is 38.2 Å². The van der Waals surface area contributed by atoms with Crippen molar-refractivity contribution < 1.29 is 8.42 Å². The maximum absolute atomic E-state index is 12.3. The fraction of sp³-hybridized carbons (Fsp3) is 0.571. The molecule has 0 heterocycles. The van der Waals surface area contributed by atoms with Gasteiger partial charge in [0.25, 0.3) is 0 Å². The van der Waals surface area contributed by atoms with E-state index in [9.17, 15) is 8.42 Å². The second kappa shape index (κ2) is 5.54. The first-order valence-corrected chi connectivity index (χ1v) is 8.65. The van der Waals surface area contributed by atoms with Gasteiger partial charge in [-0.05, 0) is 42.9 Å². The fourth-order valence-corrected chi connectivity index (χ4v) is 4.10. The third kappa shape index (κ3) is 3.27. The molecule has 0 bridgehead atoms. The Hall–Kier alpha value is -0.780. The van der Waals surface area contributed by atoms with Gasteiger partial charge in [-0.3, -0.25) is 0 Å². The quantitative estimate of drug-likeness (QED) is 0.838. The van der Waals surface area contributed by atoms with E-state index in [2.05, 4.69) is 11.6 Å². The summed E-state index contributed by atoms with van der Waals surface area (Å²) in [6, 6.07) is 2.96. The van der Waals surface area contributed by atoms with Crippen LogP contribution in [0.5, 0.6) is 0 Å². The normalized spacial score (nSPS) is 18.4. The van der Waals surface area contributed by atoms with E-state index in [1.807, 2.05) is 0 Å². The first-order chi connectivity index (χ1) is 9.23. The fourth-order valence-electron chi connectivity index (χ4n) is 2.68. The molecule has 1 saturated carbocycles. The Labute approximate surface area is 125 Å². The van der Waals surface area contributed by atoms with Gasteiger partial charge in [-0.25, -0.2) is 13.1 Å². The molecule has 0 amide bonds. The molecule has 0 spiro atoms. The molecule has 1 aromatic carbocycles. The van der Waals surface area contributed by atoms with Crippen LogP contribution in [-0.2, 0) is 10.0 Å². The predicted octanol–water partition coefficient (Wildman–Crippen LogP) is 3.09. The van der Waals surface area contributed by atoms with Crippen LogP contribution in [0, 0.1) is 12.3 Å². The summed E-state index contributed by atoms with van der Waals surface area (Å²) in [7, 11) is -3.54. The summed E-state index contributed by atoms with van der Waals surface area (Å²) < 4.78 is 27.4. The molecule has 0 aliphatic heterocycles. The Morgan fingerprint density at radius 3 is 2.50 bits per heavy atom. The average Bonchev–Trinajstić information content (AvgIpc) is 2.81. The van der Waals surface area contributed by atoms with Crippen LogP contribution >= 0.6 is 11.6 Å². The Morgan fingerprint density at radius 2 is 1.95 bits per heavy atom. The molecule has 0 atom stereocenters. The topological polar surface area (TPSA) is 72.2 Å². The van der Waals surface area contributed by atoms with E-state index >= 15 is 0 Å². The van der Waals surface area contributed by atoms with Gasteiger partial charge in [-0.2, -0.15) is 0 Å². The van der Waals surface area contributed by atoms with Gasteiger partial charge in [-0.1, -0.05) is 31.4 Å². The highest BCUT2D eigenvalue weighted by Gasteiger charge is 2.30. The van der Waals surface area contributed by atoms with Gasteiger partial charge in [0.1, 0.15) is 0 Å². The van der Waals surface area contributed by atoms with Gasteiger partial charge in [0.2, 0.25) is 10.0 Å². The van der Waals surface area contributed by atoms with Crippen molar-refractivity contribution in [2.75, 3.05) is 12.3 Å². The highest BCUT2D eigenvalue weighted by molar-refractivity contribution is 7.89. The van der Waals surface area contributed by atoms with E-state index in [-0.39, 0.29) is 10.3 Å². The first-order valence-electron chi connectivity index (χ1n) is 6.79. The summed E-state index contributed by atoms with van der Waals surface area (Å²) >= 11 is 5.96.